The number of sulfonamides is 1. The quantitative estimate of drug-likeness (QED) is 0.925. The standard InChI is InChI=1S/C15H17N3O3S/c1-11(12-5-7-14(8-6-12)22(16,20)21)18(2)15(19)13-4-3-9-17-10-13/h3-11H,1-2H3,(H2,16,20,21)/t11-/m1/s1. The van der Waals surface area contributed by atoms with Gasteiger partial charge in [0, 0.05) is 19.4 Å². The van der Waals surface area contributed by atoms with Crippen LogP contribution in [-0.4, -0.2) is 31.3 Å². The first kappa shape index (κ1) is 16.1. The van der Waals surface area contributed by atoms with Crippen LogP contribution < -0.4 is 5.14 Å². The molecule has 0 saturated heterocycles. The summed E-state index contributed by atoms with van der Waals surface area (Å²) >= 11 is 0. The van der Waals surface area contributed by atoms with Gasteiger partial charge in [0.1, 0.15) is 0 Å². The van der Waals surface area contributed by atoms with Crippen LogP contribution in [0, 0.1) is 0 Å². The van der Waals surface area contributed by atoms with Crippen LogP contribution in [-0.2, 0) is 10.0 Å². The van der Waals surface area contributed by atoms with Gasteiger partial charge in [-0.2, -0.15) is 0 Å². The molecule has 1 aromatic heterocycles. The van der Waals surface area contributed by atoms with Crippen molar-refractivity contribution in [1.82, 2.24) is 9.88 Å². The predicted octanol–water partition coefficient (Wildman–Crippen LogP) is 1.56. The Hall–Kier alpha value is -2.25. The summed E-state index contributed by atoms with van der Waals surface area (Å²) in [7, 11) is -2.03. The maximum absolute atomic E-state index is 12.4. The Morgan fingerprint density at radius 1 is 1.23 bits per heavy atom. The van der Waals surface area contributed by atoms with E-state index in [4.69, 9.17) is 5.14 Å². The average Bonchev–Trinajstić information content (AvgIpc) is 2.53. The molecule has 0 aliphatic heterocycles. The number of hydrogen-bond donors (Lipinski definition) is 1. The van der Waals surface area contributed by atoms with Gasteiger partial charge in [-0.25, -0.2) is 13.6 Å². The number of aromatic nitrogens is 1. The molecule has 2 N–H and O–H groups in total. The van der Waals surface area contributed by atoms with Crippen LogP contribution >= 0.6 is 0 Å². The van der Waals surface area contributed by atoms with E-state index in [-0.39, 0.29) is 16.8 Å². The van der Waals surface area contributed by atoms with Crippen molar-refractivity contribution in [3.63, 3.8) is 0 Å². The molecule has 1 heterocycles. The summed E-state index contributed by atoms with van der Waals surface area (Å²) in [5, 5.41) is 5.07. The Bertz CT molecular complexity index is 758. The van der Waals surface area contributed by atoms with E-state index in [2.05, 4.69) is 4.98 Å². The van der Waals surface area contributed by atoms with E-state index in [1.165, 1.54) is 18.3 Å². The van der Waals surface area contributed by atoms with Gasteiger partial charge in [0.05, 0.1) is 16.5 Å². The van der Waals surface area contributed by atoms with Gasteiger partial charge >= 0.3 is 0 Å². The Balaban J connectivity index is 2.20. The number of rotatable bonds is 4. The summed E-state index contributed by atoms with van der Waals surface area (Å²) in [6.07, 6.45) is 3.11. The zero-order valence-corrected chi connectivity index (χ0v) is 13.1. The number of carbonyl (C=O) groups is 1. The first-order valence-corrected chi connectivity index (χ1v) is 8.15. The van der Waals surface area contributed by atoms with Gasteiger partial charge in [0.2, 0.25) is 10.0 Å². The van der Waals surface area contributed by atoms with Gasteiger partial charge in [-0.1, -0.05) is 12.1 Å². The maximum Gasteiger partial charge on any atom is 0.255 e. The molecule has 7 heteroatoms. The largest absolute Gasteiger partial charge is 0.335 e. The van der Waals surface area contributed by atoms with E-state index in [1.807, 2.05) is 6.92 Å². The summed E-state index contributed by atoms with van der Waals surface area (Å²) in [5.74, 6) is -0.156. The second-order valence-electron chi connectivity index (χ2n) is 4.95. The smallest absolute Gasteiger partial charge is 0.255 e. The Kier molecular flexibility index (Phi) is 4.58. The summed E-state index contributed by atoms with van der Waals surface area (Å²) in [5.41, 5.74) is 1.31. The molecule has 0 aliphatic rings. The van der Waals surface area contributed by atoms with E-state index in [9.17, 15) is 13.2 Å². The lowest BCUT2D eigenvalue weighted by Crippen LogP contribution is -2.29. The van der Waals surface area contributed by atoms with Crippen molar-refractivity contribution in [2.45, 2.75) is 17.9 Å². The fourth-order valence-electron chi connectivity index (χ4n) is 2.03. The molecule has 0 unspecified atom stereocenters. The molecule has 1 aromatic carbocycles. The topological polar surface area (TPSA) is 93.4 Å². The molecule has 0 radical (unpaired) electrons. The number of nitrogens with zero attached hydrogens (tertiary/aromatic N) is 2. The van der Waals surface area contributed by atoms with Gasteiger partial charge in [-0.05, 0) is 36.8 Å². The van der Waals surface area contributed by atoms with Crippen molar-refractivity contribution in [1.29, 1.82) is 0 Å². The summed E-state index contributed by atoms with van der Waals surface area (Å²) in [6.45, 7) is 1.86. The van der Waals surface area contributed by atoms with E-state index in [1.54, 1.807) is 42.4 Å². The molecule has 116 valence electrons. The molecule has 2 aromatic rings. The van der Waals surface area contributed by atoms with Gasteiger partial charge in [0.25, 0.3) is 5.91 Å². The van der Waals surface area contributed by atoms with E-state index >= 15 is 0 Å². The monoisotopic (exact) mass is 319 g/mol. The average molecular weight is 319 g/mol. The van der Waals surface area contributed by atoms with Crippen molar-refractivity contribution in [3.05, 3.63) is 59.9 Å². The van der Waals surface area contributed by atoms with Crippen LogP contribution in [0.3, 0.4) is 0 Å². The highest BCUT2D eigenvalue weighted by Gasteiger charge is 2.19. The first-order chi connectivity index (χ1) is 10.3. The third kappa shape index (κ3) is 3.49. The van der Waals surface area contributed by atoms with Crippen molar-refractivity contribution in [2.75, 3.05) is 7.05 Å². The van der Waals surface area contributed by atoms with E-state index in [0.29, 0.717) is 5.56 Å². The molecule has 0 bridgehead atoms. The van der Waals surface area contributed by atoms with Gasteiger partial charge in [-0.15, -0.1) is 0 Å². The molecule has 0 aliphatic carbocycles. The SMILES string of the molecule is C[C@H](c1ccc(S(N)(=O)=O)cc1)N(C)C(=O)c1cccnc1. The highest BCUT2D eigenvalue weighted by atomic mass is 32.2. The fraction of sp³-hybridized carbons (Fsp3) is 0.200. The van der Waals surface area contributed by atoms with Crippen LogP contribution in [0.15, 0.2) is 53.7 Å². The number of hydrogen-bond acceptors (Lipinski definition) is 4. The summed E-state index contributed by atoms with van der Waals surface area (Å²) in [6, 6.07) is 9.35. The highest BCUT2D eigenvalue weighted by Crippen LogP contribution is 2.21. The summed E-state index contributed by atoms with van der Waals surface area (Å²) in [4.78, 5) is 17.9. The molecule has 22 heavy (non-hydrogen) atoms. The number of benzene rings is 1. The molecule has 0 spiro atoms. The number of amides is 1. The van der Waals surface area contributed by atoms with Crippen LogP contribution in [0.1, 0.15) is 28.9 Å². The third-order valence-corrected chi connectivity index (χ3v) is 4.43. The second-order valence-corrected chi connectivity index (χ2v) is 6.51. The molecule has 1 amide bonds. The van der Waals surface area contributed by atoms with E-state index < -0.39 is 10.0 Å². The van der Waals surface area contributed by atoms with Crippen molar-refractivity contribution < 1.29 is 13.2 Å². The number of primary sulfonamides is 1. The Morgan fingerprint density at radius 3 is 2.36 bits per heavy atom. The molecular weight excluding hydrogens is 302 g/mol. The van der Waals surface area contributed by atoms with Crippen molar-refractivity contribution in [2.24, 2.45) is 5.14 Å². The lowest BCUT2D eigenvalue weighted by atomic mass is 10.1. The molecule has 6 nitrogen and oxygen atoms in total. The lowest BCUT2D eigenvalue weighted by molar-refractivity contribution is 0.0742. The van der Waals surface area contributed by atoms with Crippen molar-refractivity contribution in [3.8, 4) is 0 Å². The maximum atomic E-state index is 12.4. The first-order valence-electron chi connectivity index (χ1n) is 6.60. The molecular formula is C15H17N3O3S. The van der Waals surface area contributed by atoms with Gasteiger partial charge < -0.3 is 4.90 Å². The molecule has 2 rings (SSSR count). The normalized spacial score (nSPS) is 12.7. The third-order valence-electron chi connectivity index (χ3n) is 3.50. The minimum absolute atomic E-state index is 0.0460. The highest BCUT2D eigenvalue weighted by molar-refractivity contribution is 7.89. The Morgan fingerprint density at radius 2 is 1.86 bits per heavy atom. The van der Waals surface area contributed by atoms with Gasteiger partial charge in [-0.3, -0.25) is 9.78 Å². The van der Waals surface area contributed by atoms with Crippen LogP contribution in [0.5, 0.6) is 0 Å². The number of pyridine rings is 1. The summed E-state index contributed by atoms with van der Waals surface area (Å²) < 4.78 is 22.5. The number of nitrogens with two attached hydrogens (primary N) is 1. The van der Waals surface area contributed by atoms with Crippen LogP contribution in [0.25, 0.3) is 0 Å². The predicted molar refractivity (Wildman–Crippen MR) is 82.6 cm³/mol. The molecule has 1 atom stereocenters. The molecule has 0 fully saturated rings. The van der Waals surface area contributed by atoms with Crippen LogP contribution in [0.2, 0.25) is 0 Å². The minimum Gasteiger partial charge on any atom is -0.335 e. The van der Waals surface area contributed by atoms with Crippen molar-refractivity contribution >= 4 is 15.9 Å². The number of carbonyl (C=O) groups excluding carboxylic acids is 1. The minimum atomic E-state index is -3.71. The molecule has 0 saturated carbocycles. The fourth-order valence-corrected chi connectivity index (χ4v) is 2.54. The van der Waals surface area contributed by atoms with Crippen LogP contribution in [0.4, 0.5) is 0 Å². The van der Waals surface area contributed by atoms with E-state index in [0.717, 1.165) is 5.56 Å². The second kappa shape index (κ2) is 6.25. The Labute approximate surface area is 129 Å². The lowest BCUT2D eigenvalue weighted by Gasteiger charge is -2.25. The van der Waals surface area contributed by atoms with Gasteiger partial charge in [0.15, 0.2) is 0 Å². The zero-order chi connectivity index (χ0) is 16.3. The zero-order valence-electron chi connectivity index (χ0n) is 12.3.